The summed E-state index contributed by atoms with van der Waals surface area (Å²) >= 11 is 6.58. The fourth-order valence-corrected chi connectivity index (χ4v) is 4.64. The van der Waals surface area contributed by atoms with E-state index in [0.717, 1.165) is 5.56 Å². The molecule has 1 aliphatic rings. The fraction of sp³-hybridized carbons (Fsp3) is 0.250. The molecule has 1 aliphatic heterocycles. The molecule has 9 heteroatoms. The molecule has 170 valence electrons. The molecule has 1 amide bonds. The SMILES string of the molecule is CCOCCCN1C(=O)/C(=C\c2c(Oc3ccccc3C)nc3ccccn3c2=O)SC1=S. The predicted molar refractivity (Wildman–Crippen MR) is 134 cm³/mol. The smallest absolute Gasteiger partial charge is 0.269 e. The van der Waals surface area contributed by atoms with Crippen LogP contribution in [0.5, 0.6) is 11.6 Å². The second-order valence-corrected chi connectivity index (χ2v) is 8.99. The van der Waals surface area contributed by atoms with Crippen LogP contribution in [0, 0.1) is 6.92 Å². The van der Waals surface area contributed by atoms with Crippen molar-refractivity contribution in [2.75, 3.05) is 19.8 Å². The van der Waals surface area contributed by atoms with Crippen LogP contribution < -0.4 is 10.3 Å². The lowest BCUT2D eigenvalue weighted by Crippen LogP contribution is -2.29. The Bertz CT molecular complexity index is 1300. The standard InChI is InChI=1S/C24H23N3O4S2/c1-3-30-14-8-13-27-23(29)19(33-24(27)32)15-17-21(31-18-10-5-4-9-16(18)2)25-20-11-6-7-12-26(20)22(17)28/h4-7,9-12,15H,3,8,13-14H2,1-2H3/b19-15+. The van der Waals surface area contributed by atoms with Crippen LogP contribution >= 0.6 is 24.0 Å². The summed E-state index contributed by atoms with van der Waals surface area (Å²) in [7, 11) is 0. The van der Waals surface area contributed by atoms with Crippen LogP contribution in [0.3, 0.4) is 0 Å². The van der Waals surface area contributed by atoms with Gasteiger partial charge in [-0.25, -0.2) is 0 Å². The maximum atomic E-state index is 13.3. The Hall–Kier alpha value is -3.01. The van der Waals surface area contributed by atoms with Crippen molar-refractivity contribution in [1.82, 2.24) is 14.3 Å². The number of para-hydroxylation sites is 1. The monoisotopic (exact) mass is 481 g/mol. The highest BCUT2D eigenvalue weighted by Crippen LogP contribution is 2.34. The van der Waals surface area contributed by atoms with E-state index in [2.05, 4.69) is 4.98 Å². The van der Waals surface area contributed by atoms with Crippen LogP contribution in [0.1, 0.15) is 24.5 Å². The van der Waals surface area contributed by atoms with Gasteiger partial charge in [0.1, 0.15) is 21.3 Å². The lowest BCUT2D eigenvalue weighted by atomic mass is 10.2. The zero-order chi connectivity index (χ0) is 23.4. The van der Waals surface area contributed by atoms with Gasteiger partial charge in [-0.3, -0.25) is 18.9 Å². The summed E-state index contributed by atoms with van der Waals surface area (Å²) in [4.78, 5) is 32.8. The Morgan fingerprint density at radius 1 is 1.15 bits per heavy atom. The molecule has 3 aromatic rings. The van der Waals surface area contributed by atoms with Crippen LogP contribution in [-0.4, -0.2) is 44.3 Å². The molecule has 0 radical (unpaired) electrons. The number of fused-ring (bicyclic) bond motifs is 1. The lowest BCUT2D eigenvalue weighted by molar-refractivity contribution is -0.122. The third-order valence-electron chi connectivity index (χ3n) is 5.06. The number of carbonyl (C=O) groups is 1. The molecular formula is C24H23N3O4S2. The van der Waals surface area contributed by atoms with Gasteiger partial charge in [0.25, 0.3) is 11.5 Å². The van der Waals surface area contributed by atoms with Crippen molar-refractivity contribution in [1.29, 1.82) is 0 Å². The normalized spacial score (nSPS) is 15.1. The topological polar surface area (TPSA) is 73.1 Å². The Kier molecular flexibility index (Phi) is 7.22. The fourth-order valence-electron chi connectivity index (χ4n) is 3.35. The Balaban J connectivity index is 1.73. The number of nitrogens with zero attached hydrogens (tertiary/aromatic N) is 3. The van der Waals surface area contributed by atoms with Gasteiger partial charge in [-0.05, 0) is 50.1 Å². The second-order valence-electron chi connectivity index (χ2n) is 7.32. The number of carbonyl (C=O) groups excluding carboxylic acids is 1. The van der Waals surface area contributed by atoms with Crippen molar-refractivity contribution in [3.05, 3.63) is 75.0 Å². The van der Waals surface area contributed by atoms with Gasteiger partial charge < -0.3 is 9.47 Å². The van der Waals surface area contributed by atoms with Crippen molar-refractivity contribution in [3.63, 3.8) is 0 Å². The third kappa shape index (κ3) is 5.00. The van der Waals surface area contributed by atoms with Gasteiger partial charge in [0.2, 0.25) is 5.88 Å². The van der Waals surface area contributed by atoms with E-state index in [0.29, 0.717) is 46.8 Å². The number of amides is 1. The molecule has 1 aromatic carbocycles. The zero-order valence-corrected chi connectivity index (χ0v) is 19.9. The van der Waals surface area contributed by atoms with Crippen LogP contribution in [0.4, 0.5) is 0 Å². The minimum Gasteiger partial charge on any atom is -0.438 e. The highest BCUT2D eigenvalue weighted by Gasteiger charge is 2.32. The molecule has 3 heterocycles. The minimum absolute atomic E-state index is 0.141. The van der Waals surface area contributed by atoms with Crippen molar-refractivity contribution in [3.8, 4) is 11.6 Å². The van der Waals surface area contributed by atoms with Crippen LogP contribution in [0.2, 0.25) is 0 Å². The van der Waals surface area contributed by atoms with E-state index >= 15 is 0 Å². The Morgan fingerprint density at radius 2 is 1.94 bits per heavy atom. The van der Waals surface area contributed by atoms with Gasteiger partial charge in [-0.1, -0.05) is 48.2 Å². The van der Waals surface area contributed by atoms with Crippen molar-refractivity contribution < 1.29 is 14.3 Å². The van der Waals surface area contributed by atoms with Crippen LogP contribution in [-0.2, 0) is 9.53 Å². The number of rotatable bonds is 8. The van der Waals surface area contributed by atoms with Crippen molar-refractivity contribution >= 4 is 45.9 Å². The van der Waals surface area contributed by atoms with E-state index < -0.39 is 0 Å². The Labute approximate surface area is 201 Å². The first-order chi connectivity index (χ1) is 16.0. The summed E-state index contributed by atoms with van der Waals surface area (Å²) in [6, 6.07) is 12.8. The molecule has 0 unspecified atom stereocenters. The molecule has 7 nitrogen and oxygen atoms in total. The molecule has 1 saturated heterocycles. The molecule has 0 atom stereocenters. The van der Waals surface area contributed by atoms with E-state index in [1.54, 1.807) is 29.3 Å². The van der Waals surface area contributed by atoms with Gasteiger partial charge in [0, 0.05) is 26.0 Å². The average Bonchev–Trinajstić information content (AvgIpc) is 3.08. The quantitative estimate of drug-likeness (QED) is 0.268. The number of aromatic nitrogens is 2. The number of hydrogen-bond acceptors (Lipinski definition) is 7. The number of thioether (sulfide) groups is 1. The maximum absolute atomic E-state index is 13.3. The second kappa shape index (κ2) is 10.3. The summed E-state index contributed by atoms with van der Waals surface area (Å²) in [5, 5.41) is 0. The van der Waals surface area contributed by atoms with Crippen molar-refractivity contribution in [2.45, 2.75) is 20.3 Å². The average molecular weight is 482 g/mol. The first-order valence-corrected chi connectivity index (χ1v) is 11.8. The number of pyridine rings is 1. The molecule has 2 aromatic heterocycles. The Morgan fingerprint density at radius 3 is 2.73 bits per heavy atom. The summed E-state index contributed by atoms with van der Waals surface area (Å²) < 4.78 is 13.3. The number of hydrogen-bond donors (Lipinski definition) is 0. The highest BCUT2D eigenvalue weighted by molar-refractivity contribution is 8.26. The first-order valence-electron chi connectivity index (χ1n) is 10.6. The minimum atomic E-state index is -0.328. The van der Waals surface area contributed by atoms with E-state index in [-0.39, 0.29) is 22.9 Å². The van der Waals surface area contributed by atoms with Crippen LogP contribution in [0.15, 0.2) is 58.4 Å². The summed E-state index contributed by atoms with van der Waals surface area (Å²) in [5.41, 5.74) is 1.22. The molecule has 0 aliphatic carbocycles. The molecule has 0 bridgehead atoms. The molecule has 0 N–H and O–H groups in total. The maximum Gasteiger partial charge on any atom is 0.269 e. The number of aryl methyl sites for hydroxylation is 1. The molecule has 33 heavy (non-hydrogen) atoms. The lowest BCUT2D eigenvalue weighted by Gasteiger charge is -2.14. The molecular weight excluding hydrogens is 458 g/mol. The van der Waals surface area contributed by atoms with Gasteiger partial charge in [0.15, 0.2) is 0 Å². The summed E-state index contributed by atoms with van der Waals surface area (Å²) in [5.74, 6) is 0.491. The summed E-state index contributed by atoms with van der Waals surface area (Å²) in [6.07, 6.45) is 3.85. The highest BCUT2D eigenvalue weighted by atomic mass is 32.2. The molecule has 4 rings (SSSR count). The number of benzene rings is 1. The molecule has 1 fully saturated rings. The van der Waals surface area contributed by atoms with Gasteiger partial charge >= 0.3 is 0 Å². The third-order valence-corrected chi connectivity index (χ3v) is 6.44. The van der Waals surface area contributed by atoms with E-state index in [1.165, 1.54) is 22.2 Å². The van der Waals surface area contributed by atoms with Crippen LogP contribution in [0.25, 0.3) is 11.7 Å². The van der Waals surface area contributed by atoms with E-state index in [9.17, 15) is 9.59 Å². The van der Waals surface area contributed by atoms with E-state index in [4.69, 9.17) is 21.7 Å². The van der Waals surface area contributed by atoms with Crippen molar-refractivity contribution in [2.24, 2.45) is 0 Å². The zero-order valence-electron chi connectivity index (χ0n) is 18.3. The van der Waals surface area contributed by atoms with Gasteiger partial charge in [-0.2, -0.15) is 4.98 Å². The number of ether oxygens (including phenoxy) is 2. The van der Waals surface area contributed by atoms with E-state index in [1.807, 2.05) is 38.1 Å². The first kappa shape index (κ1) is 23.2. The molecule has 0 spiro atoms. The number of thiocarbonyl (C=S) groups is 1. The molecule has 0 saturated carbocycles. The van der Waals surface area contributed by atoms with Gasteiger partial charge in [-0.15, -0.1) is 0 Å². The summed E-state index contributed by atoms with van der Waals surface area (Å²) in [6.45, 7) is 5.48. The largest absolute Gasteiger partial charge is 0.438 e. The van der Waals surface area contributed by atoms with Gasteiger partial charge in [0.05, 0.1) is 4.91 Å². The predicted octanol–water partition coefficient (Wildman–Crippen LogP) is 4.42.